The van der Waals surface area contributed by atoms with Crippen LogP contribution in [0.25, 0.3) is 0 Å². The molecular formula is C16H34N2O. The van der Waals surface area contributed by atoms with Gasteiger partial charge in [0.1, 0.15) is 0 Å². The van der Waals surface area contributed by atoms with E-state index in [-0.39, 0.29) is 0 Å². The molecule has 1 fully saturated rings. The van der Waals surface area contributed by atoms with Crippen LogP contribution >= 0.6 is 0 Å². The predicted molar refractivity (Wildman–Crippen MR) is 82.6 cm³/mol. The highest BCUT2D eigenvalue weighted by atomic mass is 16.5. The van der Waals surface area contributed by atoms with Gasteiger partial charge in [0, 0.05) is 31.8 Å². The summed E-state index contributed by atoms with van der Waals surface area (Å²) in [5, 5.41) is 3.61. The molecule has 3 nitrogen and oxygen atoms in total. The molecule has 0 radical (unpaired) electrons. The van der Waals surface area contributed by atoms with Crippen molar-refractivity contribution in [3.05, 3.63) is 0 Å². The average molecular weight is 270 g/mol. The van der Waals surface area contributed by atoms with Gasteiger partial charge in [-0.05, 0) is 38.1 Å². The highest BCUT2D eigenvalue weighted by molar-refractivity contribution is 4.92. The fourth-order valence-electron chi connectivity index (χ4n) is 3.19. The van der Waals surface area contributed by atoms with Gasteiger partial charge in [0.2, 0.25) is 0 Å². The Morgan fingerprint density at radius 3 is 2.32 bits per heavy atom. The third-order valence-corrected chi connectivity index (χ3v) is 4.56. The molecule has 0 aromatic heterocycles. The molecule has 1 aliphatic rings. The number of rotatable bonds is 10. The van der Waals surface area contributed by atoms with E-state index in [2.05, 4.69) is 37.9 Å². The Morgan fingerprint density at radius 1 is 1.21 bits per heavy atom. The van der Waals surface area contributed by atoms with Crippen molar-refractivity contribution < 1.29 is 4.74 Å². The summed E-state index contributed by atoms with van der Waals surface area (Å²) in [6.45, 7) is 12.2. The molecule has 0 aromatic carbocycles. The Kier molecular flexibility index (Phi) is 7.96. The summed E-state index contributed by atoms with van der Waals surface area (Å²) in [6.07, 6.45) is 5.25. The second-order valence-corrected chi connectivity index (χ2v) is 6.17. The number of hydrogen-bond donors (Lipinski definition) is 1. The molecular weight excluding hydrogens is 236 g/mol. The van der Waals surface area contributed by atoms with E-state index in [1.165, 1.54) is 32.2 Å². The van der Waals surface area contributed by atoms with Crippen molar-refractivity contribution in [3.63, 3.8) is 0 Å². The van der Waals surface area contributed by atoms with Gasteiger partial charge in [-0.2, -0.15) is 0 Å². The maximum absolute atomic E-state index is 5.31. The summed E-state index contributed by atoms with van der Waals surface area (Å²) >= 11 is 0. The summed E-state index contributed by atoms with van der Waals surface area (Å²) < 4.78 is 5.31. The second-order valence-electron chi connectivity index (χ2n) is 6.17. The van der Waals surface area contributed by atoms with E-state index in [1.54, 1.807) is 0 Å². The highest BCUT2D eigenvalue weighted by Crippen LogP contribution is 2.34. The first-order valence-corrected chi connectivity index (χ1v) is 8.12. The largest absolute Gasteiger partial charge is 0.383 e. The van der Waals surface area contributed by atoms with Crippen LogP contribution in [0, 0.1) is 5.92 Å². The number of methoxy groups -OCH3 is 1. The van der Waals surface area contributed by atoms with Crippen molar-refractivity contribution in [3.8, 4) is 0 Å². The van der Waals surface area contributed by atoms with E-state index in [0.717, 1.165) is 31.2 Å². The normalized spacial score (nSPS) is 23.4. The van der Waals surface area contributed by atoms with Gasteiger partial charge in [-0.25, -0.2) is 0 Å². The summed E-state index contributed by atoms with van der Waals surface area (Å²) in [4.78, 5) is 2.72. The first-order valence-electron chi connectivity index (χ1n) is 8.12. The molecule has 0 aliphatic heterocycles. The number of nitrogens with zero attached hydrogens (tertiary/aromatic N) is 1. The molecule has 0 bridgehead atoms. The van der Waals surface area contributed by atoms with Crippen LogP contribution in [0.15, 0.2) is 0 Å². The molecule has 1 aliphatic carbocycles. The molecule has 0 saturated heterocycles. The van der Waals surface area contributed by atoms with Crippen LogP contribution in [0.4, 0.5) is 0 Å². The summed E-state index contributed by atoms with van der Waals surface area (Å²) in [7, 11) is 1.81. The van der Waals surface area contributed by atoms with E-state index in [4.69, 9.17) is 4.74 Å². The van der Waals surface area contributed by atoms with Crippen LogP contribution < -0.4 is 5.32 Å². The zero-order valence-corrected chi connectivity index (χ0v) is 13.6. The van der Waals surface area contributed by atoms with Crippen molar-refractivity contribution in [1.82, 2.24) is 10.2 Å². The van der Waals surface area contributed by atoms with E-state index in [9.17, 15) is 0 Å². The van der Waals surface area contributed by atoms with Crippen molar-refractivity contribution >= 4 is 0 Å². The molecule has 114 valence electrons. The molecule has 1 rings (SSSR count). The van der Waals surface area contributed by atoms with Gasteiger partial charge in [-0.1, -0.05) is 27.7 Å². The first-order chi connectivity index (χ1) is 9.13. The topological polar surface area (TPSA) is 24.5 Å². The lowest BCUT2D eigenvalue weighted by molar-refractivity contribution is 0.00603. The molecule has 3 heteroatoms. The Morgan fingerprint density at radius 2 is 1.89 bits per heavy atom. The monoisotopic (exact) mass is 270 g/mol. The predicted octanol–water partition coefficient (Wildman–Crippen LogP) is 2.90. The molecule has 0 heterocycles. The Hall–Kier alpha value is -0.120. The lowest BCUT2D eigenvalue weighted by Gasteiger charge is -2.48. The van der Waals surface area contributed by atoms with Crippen LogP contribution in [0.5, 0.6) is 0 Å². The maximum atomic E-state index is 5.31. The fourth-order valence-corrected chi connectivity index (χ4v) is 3.19. The lowest BCUT2D eigenvalue weighted by atomic mass is 9.77. The number of hydrogen-bond acceptors (Lipinski definition) is 3. The fraction of sp³-hybridized carbons (Fsp3) is 1.00. The first kappa shape index (κ1) is 16.9. The van der Waals surface area contributed by atoms with E-state index in [0.29, 0.717) is 6.04 Å². The standard InChI is InChI=1S/C16H34N2O/c1-6-15(7-2)18(10-11-19-5)16-9-8-14(16)12-17-13(3)4/h13-17H,6-12H2,1-5H3. The molecule has 0 amide bonds. The molecule has 19 heavy (non-hydrogen) atoms. The molecule has 2 atom stereocenters. The molecule has 0 aromatic rings. The van der Waals surface area contributed by atoms with Crippen LogP contribution in [-0.2, 0) is 4.74 Å². The van der Waals surface area contributed by atoms with Gasteiger partial charge in [-0.3, -0.25) is 4.90 Å². The smallest absolute Gasteiger partial charge is 0.0589 e. The van der Waals surface area contributed by atoms with Gasteiger partial charge in [0.05, 0.1) is 6.61 Å². The summed E-state index contributed by atoms with van der Waals surface area (Å²) in [5.41, 5.74) is 0. The second kappa shape index (κ2) is 8.93. The molecule has 2 unspecified atom stereocenters. The van der Waals surface area contributed by atoms with Crippen molar-refractivity contribution in [2.45, 2.75) is 71.5 Å². The minimum atomic E-state index is 0.599. The summed E-state index contributed by atoms with van der Waals surface area (Å²) in [6, 6.07) is 2.09. The number of nitrogens with one attached hydrogen (secondary N) is 1. The van der Waals surface area contributed by atoms with E-state index < -0.39 is 0 Å². The molecule has 0 spiro atoms. The molecule has 1 saturated carbocycles. The number of ether oxygens (including phenoxy) is 1. The highest BCUT2D eigenvalue weighted by Gasteiger charge is 2.37. The Bertz CT molecular complexity index is 229. The van der Waals surface area contributed by atoms with Crippen LogP contribution in [0.3, 0.4) is 0 Å². The van der Waals surface area contributed by atoms with Gasteiger partial charge < -0.3 is 10.1 Å². The van der Waals surface area contributed by atoms with E-state index in [1.807, 2.05) is 7.11 Å². The van der Waals surface area contributed by atoms with Gasteiger partial charge in [-0.15, -0.1) is 0 Å². The minimum Gasteiger partial charge on any atom is -0.383 e. The minimum absolute atomic E-state index is 0.599. The average Bonchev–Trinajstić information content (AvgIpc) is 2.35. The Labute approximate surface area is 120 Å². The zero-order valence-electron chi connectivity index (χ0n) is 13.6. The quantitative estimate of drug-likeness (QED) is 0.660. The zero-order chi connectivity index (χ0) is 14.3. The van der Waals surface area contributed by atoms with Crippen molar-refractivity contribution in [2.24, 2.45) is 5.92 Å². The van der Waals surface area contributed by atoms with Gasteiger partial charge >= 0.3 is 0 Å². The molecule has 1 N–H and O–H groups in total. The maximum Gasteiger partial charge on any atom is 0.0589 e. The van der Waals surface area contributed by atoms with Gasteiger partial charge in [0.15, 0.2) is 0 Å². The summed E-state index contributed by atoms with van der Waals surface area (Å²) in [5.74, 6) is 0.833. The van der Waals surface area contributed by atoms with E-state index >= 15 is 0 Å². The van der Waals surface area contributed by atoms with Crippen molar-refractivity contribution in [1.29, 1.82) is 0 Å². The lowest BCUT2D eigenvalue weighted by Crippen LogP contribution is -2.55. The van der Waals surface area contributed by atoms with Gasteiger partial charge in [0.25, 0.3) is 0 Å². The SMILES string of the molecule is CCC(CC)N(CCOC)C1CCC1CNC(C)C. The van der Waals surface area contributed by atoms with Crippen molar-refractivity contribution in [2.75, 3.05) is 26.8 Å². The van der Waals surface area contributed by atoms with Crippen LogP contribution in [-0.4, -0.2) is 49.8 Å². The van der Waals surface area contributed by atoms with Crippen LogP contribution in [0.1, 0.15) is 53.4 Å². The Balaban J connectivity index is 2.53. The third kappa shape index (κ3) is 5.05. The third-order valence-electron chi connectivity index (χ3n) is 4.56. The van der Waals surface area contributed by atoms with Crippen LogP contribution in [0.2, 0.25) is 0 Å².